The van der Waals surface area contributed by atoms with Crippen LogP contribution in [0.1, 0.15) is 31.4 Å². The van der Waals surface area contributed by atoms with Crippen molar-refractivity contribution in [2.75, 3.05) is 19.8 Å². The Morgan fingerprint density at radius 2 is 1.78 bits per heavy atom. The normalized spacial score (nSPS) is 13.1. The van der Waals surface area contributed by atoms with Gasteiger partial charge in [-0.25, -0.2) is 0 Å². The van der Waals surface area contributed by atoms with Crippen LogP contribution in [0.3, 0.4) is 0 Å². The number of rotatable bonds is 7. The molecule has 168 valence electrons. The molecule has 2 aromatic carbocycles. The van der Waals surface area contributed by atoms with Gasteiger partial charge < -0.3 is 19.4 Å². The summed E-state index contributed by atoms with van der Waals surface area (Å²) in [4.78, 5) is 30.7. The zero-order valence-electron chi connectivity index (χ0n) is 18.3. The monoisotopic (exact) mass is 453 g/mol. The van der Waals surface area contributed by atoms with Crippen LogP contribution in [-0.4, -0.2) is 40.1 Å². The average molecular weight is 454 g/mol. The Kier molecular flexibility index (Phi) is 6.60. The maximum atomic E-state index is 13.0. The Bertz CT molecular complexity index is 1260. The molecule has 1 N–H and O–H groups in total. The molecule has 8 heteroatoms. The van der Waals surface area contributed by atoms with Gasteiger partial charge >= 0.3 is 0 Å². The maximum absolute atomic E-state index is 13.0. The summed E-state index contributed by atoms with van der Waals surface area (Å²) < 4.78 is 13.3. The van der Waals surface area contributed by atoms with Gasteiger partial charge in [-0.3, -0.25) is 14.2 Å². The molecule has 0 radical (unpaired) electrons. The number of fused-ring (bicyclic) bond motifs is 2. The minimum atomic E-state index is -0.175. The summed E-state index contributed by atoms with van der Waals surface area (Å²) in [7, 11) is 0. The Balaban J connectivity index is 1.49. The van der Waals surface area contributed by atoms with E-state index < -0.39 is 0 Å². The molecule has 32 heavy (non-hydrogen) atoms. The van der Waals surface area contributed by atoms with Crippen LogP contribution in [0, 0.1) is 4.77 Å². The van der Waals surface area contributed by atoms with Crippen LogP contribution in [-0.2, 0) is 24.3 Å². The molecule has 0 saturated heterocycles. The van der Waals surface area contributed by atoms with Crippen LogP contribution in [0.25, 0.3) is 10.9 Å². The van der Waals surface area contributed by atoms with Crippen molar-refractivity contribution in [3.05, 3.63) is 62.6 Å². The second kappa shape index (κ2) is 9.56. The Morgan fingerprint density at radius 1 is 1.09 bits per heavy atom. The van der Waals surface area contributed by atoms with Gasteiger partial charge in [0, 0.05) is 26.1 Å². The molecular formula is C24H27N3O4S. The van der Waals surface area contributed by atoms with Crippen molar-refractivity contribution < 1.29 is 14.3 Å². The van der Waals surface area contributed by atoms with Crippen molar-refractivity contribution in [3.63, 3.8) is 0 Å². The molecule has 0 fully saturated rings. The predicted octanol–water partition coefficient (Wildman–Crippen LogP) is 3.83. The highest BCUT2D eigenvalue weighted by Crippen LogP contribution is 2.34. The average Bonchev–Trinajstić information content (AvgIpc) is 2.79. The smallest absolute Gasteiger partial charge is 0.262 e. The molecule has 0 atom stereocenters. The number of hydrogen-bond donors (Lipinski definition) is 1. The van der Waals surface area contributed by atoms with Gasteiger partial charge in [-0.1, -0.05) is 12.1 Å². The molecule has 1 aliphatic rings. The van der Waals surface area contributed by atoms with Gasteiger partial charge in [0.15, 0.2) is 16.3 Å². The van der Waals surface area contributed by atoms with E-state index in [-0.39, 0.29) is 24.4 Å². The molecular weight excluding hydrogens is 426 g/mol. The number of nitrogens with one attached hydrogen (secondary N) is 1. The van der Waals surface area contributed by atoms with Gasteiger partial charge in [0.05, 0.1) is 24.1 Å². The fourth-order valence-corrected chi connectivity index (χ4v) is 4.37. The van der Waals surface area contributed by atoms with Gasteiger partial charge in [-0.2, -0.15) is 0 Å². The number of para-hydroxylation sites is 1. The van der Waals surface area contributed by atoms with Gasteiger partial charge in [0.2, 0.25) is 5.91 Å². The molecule has 0 unspecified atom stereocenters. The van der Waals surface area contributed by atoms with Crippen LogP contribution in [0.5, 0.6) is 11.5 Å². The summed E-state index contributed by atoms with van der Waals surface area (Å²) in [6.45, 7) is 6.38. The largest absolute Gasteiger partial charge is 0.490 e. The summed E-state index contributed by atoms with van der Waals surface area (Å²) in [6, 6.07) is 11.3. The summed E-state index contributed by atoms with van der Waals surface area (Å²) in [5.41, 5.74) is 2.77. The first-order chi connectivity index (χ1) is 15.5. The van der Waals surface area contributed by atoms with Gasteiger partial charge in [0.1, 0.15) is 0 Å². The molecule has 4 rings (SSSR count). The van der Waals surface area contributed by atoms with E-state index in [2.05, 4.69) is 4.98 Å². The van der Waals surface area contributed by atoms with E-state index in [0.29, 0.717) is 47.7 Å². The zero-order chi connectivity index (χ0) is 22.7. The number of H-pyrrole nitrogens is 1. The lowest BCUT2D eigenvalue weighted by atomic mass is 9.98. The second-order valence-corrected chi connectivity index (χ2v) is 8.07. The van der Waals surface area contributed by atoms with E-state index in [4.69, 9.17) is 21.7 Å². The Labute approximate surface area is 191 Å². The van der Waals surface area contributed by atoms with Crippen LogP contribution in [0.15, 0.2) is 41.2 Å². The topological polar surface area (TPSA) is 76.6 Å². The van der Waals surface area contributed by atoms with Crippen LogP contribution in [0.4, 0.5) is 0 Å². The molecule has 7 nitrogen and oxygen atoms in total. The van der Waals surface area contributed by atoms with Gasteiger partial charge in [-0.15, -0.1) is 0 Å². The van der Waals surface area contributed by atoms with E-state index in [1.165, 1.54) is 10.1 Å². The molecule has 1 amide bonds. The predicted molar refractivity (Wildman–Crippen MR) is 126 cm³/mol. The number of aromatic amines is 1. The van der Waals surface area contributed by atoms with E-state index in [1.54, 1.807) is 6.07 Å². The van der Waals surface area contributed by atoms with Gasteiger partial charge in [0.25, 0.3) is 5.56 Å². The number of aromatic nitrogens is 2. The first-order valence-corrected chi connectivity index (χ1v) is 11.3. The summed E-state index contributed by atoms with van der Waals surface area (Å²) in [5.74, 6) is 1.45. The van der Waals surface area contributed by atoms with Crippen molar-refractivity contribution in [2.45, 2.75) is 39.8 Å². The lowest BCUT2D eigenvalue weighted by Crippen LogP contribution is -2.37. The van der Waals surface area contributed by atoms with E-state index in [9.17, 15) is 9.59 Å². The SMILES string of the molecule is CCOc1cc2c(cc1OCC)CN(C(=O)CCn1c(=S)[nH]c3ccccc3c1=O)CC2. The number of ether oxygens (including phenoxy) is 2. The molecule has 1 aliphatic heterocycles. The number of carbonyl (C=O) groups excluding carboxylic acids is 1. The van der Waals surface area contributed by atoms with Crippen molar-refractivity contribution in [1.29, 1.82) is 0 Å². The van der Waals surface area contributed by atoms with Crippen LogP contribution < -0.4 is 15.0 Å². The lowest BCUT2D eigenvalue weighted by molar-refractivity contribution is -0.132. The van der Waals surface area contributed by atoms with E-state index >= 15 is 0 Å². The van der Waals surface area contributed by atoms with E-state index in [1.807, 2.05) is 49.1 Å². The van der Waals surface area contributed by atoms with Crippen LogP contribution >= 0.6 is 12.2 Å². The fourth-order valence-electron chi connectivity index (χ4n) is 4.08. The van der Waals surface area contributed by atoms with E-state index in [0.717, 1.165) is 17.7 Å². The fraction of sp³-hybridized carbons (Fsp3) is 0.375. The Morgan fingerprint density at radius 3 is 2.50 bits per heavy atom. The van der Waals surface area contributed by atoms with Crippen molar-refractivity contribution in [2.24, 2.45) is 0 Å². The third-order valence-electron chi connectivity index (χ3n) is 5.67. The van der Waals surface area contributed by atoms with Crippen molar-refractivity contribution in [1.82, 2.24) is 14.5 Å². The second-order valence-electron chi connectivity index (χ2n) is 7.68. The highest BCUT2D eigenvalue weighted by Gasteiger charge is 2.23. The minimum Gasteiger partial charge on any atom is -0.490 e. The lowest BCUT2D eigenvalue weighted by Gasteiger charge is -2.30. The third kappa shape index (κ3) is 4.41. The number of amides is 1. The van der Waals surface area contributed by atoms with Crippen LogP contribution in [0.2, 0.25) is 0 Å². The zero-order valence-corrected chi connectivity index (χ0v) is 19.2. The number of hydrogen-bond acceptors (Lipinski definition) is 5. The molecule has 2 heterocycles. The third-order valence-corrected chi connectivity index (χ3v) is 5.99. The van der Waals surface area contributed by atoms with Crippen molar-refractivity contribution >= 4 is 29.0 Å². The first-order valence-electron chi connectivity index (χ1n) is 10.9. The molecule has 0 bridgehead atoms. The van der Waals surface area contributed by atoms with Crippen molar-refractivity contribution in [3.8, 4) is 11.5 Å². The standard InChI is InChI=1S/C24H27N3O4S/c1-3-30-20-13-16-9-11-26(15-17(16)14-21(20)31-4-2)22(28)10-12-27-23(29)18-7-5-6-8-19(18)25-24(27)32/h5-8,13-14H,3-4,9-12,15H2,1-2H3,(H,25,32). The molecule has 0 saturated carbocycles. The quantitative estimate of drug-likeness (QED) is 0.550. The summed E-state index contributed by atoms with van der Waals surface area (Å²) >= 11 is 5.36. The molecule has 0 spiro atoms. The number of benzene rings is 2. The van der Waals surface area contributed by atoms with Gasteiger partial charge in [-0.05, 0) is 67.9 Å². The molecule has 3 aromatic rings. The highest BCUT2D eigenvalue weighted by atomic mass is 32.1. The maximum Gasteiger partial charge on any atom is 0.262 e. The summed E-state index contributed by atoms with van der Waals surface area (Å²) in [6.07, 6.45) is 0.962. The summed E-state index contributed by atoms with van der Waals surface area (Å²) in [5, 5.41) is 0.564. The highest BCUT2D eigenvalue weighted by molar-refractivity contribution is 7.71. The molecule has 1 aromatic heterocycles. The Hall–Kier alpha value is -3.13. The molecule has 0 aliphatic carbocycles. The first kappa shape index (κ1) is 22.1. The number of carbonyl (C=O) groups is 1. The minimum absolute atomic E-state index is 0.00282. The number of nitrogens with zero attached hydrogens (tertiary/aromatic N) is 2.